The van der Waals surface area contributed by atoms with Crippen molar-refractivity contribution in [3.05, 3.63) is 46.2 Å². The van der Waals surface area contributed by atoms with Crippen molar-refractivity contribution in [2.75, 3.05) is 32.5 Å². The second-order valence-electron chi connectivity index (χ2n) is 6.94. The number of hydrogen-bond donors (Lipinski definition) is 1. The van der Waals surface area contributed by atoms with Gasteiger partial charge in [0.2, 0.25) is 5.91 Å². The highest BCUT2D eigenvalue weighted by atomic mass is 32.2. The fourth-order valence-corrected chi connectivity index (χ4v) is 4.67. The summed E-state index contributed by atoms with van der Waals surface area (Å²) in [5.41, 5.74) is 1.42. The van der Waals surface area contributed by atoms with E-state index < -0.39 is 9.84 Å². The Morgan fingerprint density at radius 2 is 2.04 bits per heavy atom. The predicted molar refractivity (Wildman–Crippen MR) is 111 cm³/mol. The summed E-state index contributed by atoms with van der Waals surface area (Å²) < 4.78 is 28.4. The van der Waals surface area contributed by atoms with Crippen molar-refractivity contribution in [2.24, 2.45) is 0 Å². The minimum Gasteiger partial charge on any atom is -0.494 e. The fourth-order valence-electron chi connectivity index (χ4n) is 3.15. The van der Waals surface area contributed by atoms with E-state index in [0.717, 1.165) is 26.1 Å². The van der Waals surface area contributed by atoms with Gasteiger partial charge in [-0.15, -0.1) is 11.3 Å². The molecule has 2 heterocycles. The average Bonchev–Trinajstić information content (AvgIpc) is 3.13. The molecule has 0 saturated carbocycles. The number of fused-ring (bicyclic) bond motifs is 1. The molecule has 1 aliphatic heterocycles. The first-order valence-electron chi connectivity index (χ1n) is 9.39. The highest BCUT2D eigenvalue weighted by molar-refractivity contribution is 7.90. The molecule has 1 N–H and O–H groups in total. The monoisotopic (exact) mass is 422 g/mol. The maximum atomic E-state index is 12.0. The number of sulfone groups is 1. The lowest BCUT2D eigenvalue weighted by Crippen LogP contribution is -2.37. The normalized spacial score (nSPS) is 14.5. The van der Waals surface area contributed by atoms with Crippen LogP contribution in [-0.2, 0) is 27.6 Å². The van der Waals surface area contributed by atoms with Crippen molar-refractivity contribution in [1.29, 1.82) is 0 Å². The zero-order valence-corrected chi connectivity index (χ0v) is 17.7. The first kappa shape index (κ1) is 20.8. The number of rotatable bonds is 9. The third kappa shape index (κ3) is 6.05. The standard InChI is InChI=1S/C20H26N2O4S2/c1-28(24,25)18-6-4-17(5-7-18)26-13-2-3-20(23)21-10-12-22-11-8-19-16(15-22)9-14-27-19/h4-7,9,14H,2-3,8,10-13,15H2,1H3,(H,21,23). The highest BCUT2D eigenvalue weighted by Gasteiger charge is 2.16. The Morgan fingerprint density at radius 3 is 2.79 bits per heavy atom. The smallest absolute Gasteiger partial charge is 0.220 e. The van der Waals surface area contributed by atoms with Crippen molar-refractivity contribution in [1.82, 2.24) is 10.2 Å². The van der Waals surface area contributed by atoms with Crippen LogP contribution in [0.1, 0.15) is 23.3 Å². The molecule has 0 saturated heterocycles. The number of hydrogen-bond acceptors (Lipinski definition) is 6. The van der Waals surface area contributed by atoms with Gasteiger partial charge in [0.05, 0.1) is 11.5 Å². The van der Waals surface area contributed by atoms with Crippen molar-refractivity contribution in [3.8, 4) is 5.75 Å². The van der Waals surface area contributed by atoms with Crippen LogP contribution in [0.4, 0.5) is 0 Å². The van der Waals surface area contributed by atoms with Crippen molar-refractivity contribution in [3.63, 3.8) is 0 Å². The lowest BCUT2D eigenvalue weighted by molar-refractivity contribution is -0.121. The molecule has 1 aromatic heterocycles. The minimum atomic E-state index is -3.20. The summed E-state index contributed by atoms with van der Waals surface area (Å²) in [6.07, 6.45) is 3.30. The van der Waals surface area contributed by atoms with Gasteiger partial charge in [0.15, 0.2) is 9.84 Å². The molecule has 1 aromatic carbocycles. The topological polar surface area (TPSA) is 75.7 Å². The quantitative estimate of drug-likeness (QED) is 0.629. The van der Waals surface area contributed by atoms with Gasteiger partial charge < -0.3 is 10.1 Å². The van der Waals surface area contributed by atoms with Crippen LogP contribution in [-0.4, -0.2) is 51.7 Å². The summed E-state index contributed by atoms with van der Waals surface area (Å²) in [4.78, 5) is 16.1. The summed E-state index contributed by atoms with van der Waals surface area (Å²) in [5.74, 6) is 0.634. The van der Waals surface area contributed by atoms with Gasteiger partial charge in [-0.05, 0) is 54.1 Å². The van der Waals surface area contributed by atoms with Gasteiger partial charge in [-0.3, -0.25) is 9.69 Å². The molecule has 1 aliphatic rings. The molecule has 152 valence electrons. The molecule has 6 nitrogen and oxygen atoms in total. The molecule has 8 heteroatoms. The second-order valence-corrected chi connectivity index (χ2v) is 9.96. The number of nitrogens with zero attached hydrogens (tertiary/aromatic N) is 1. The van der Waals surface area contributed by atoms with E-state index >= 15 is 0 Å². The summed E-state index contributed by atoms with van der Waals surface area (Å²) in [6, 6.07) is 8.51. The van der Waals surface area contributed by atoms with Gasteiger partial charge in [-0.25, -0.2) is 8.42 Å². The molecule has 0 fully saturated rings. The molecule has 28 heavy (non-hydrogen) atoms. The Hall–Kier alpha value is -1.90. The van der Waals surface area contributed by atoms with Gasteiger partial charge in [0.1, 0.15) is 5.75 Å². The van der Waals surface area contributed by atoms with Crippen LogP contribution in [0.3, 0.4) is 0 Å². The van der Waals surface area contributed by atoms with E-state index in [2.05, 4.69) is 21.7 Å². The van der Waals surface area contributed by atoms with Crippen molar-refractivity contribution >= 4 is 27.1 Å². The van der Waals surface area contributed by atoms with E-state index in [1.54, 1.807) is 12.1 Å². The Morgan fingerprint density at radius 1 is 1.25 bits per heavy atom. The molecule has 0 bridgehead atoms. The van der Waals surface area contributed by atoms with Crippen LogP contribution in [0, 0.1) is 0 Å². The molecule has 0 radical (unpaired) electrons. The zero-order chi connectivity index (χ0) is 20.0. The maximum absolute atomic E-state index is 12.0. The SMILES string of the molecule is CS(=O)(=O)c1ccc(OCCCC(=O)NCCN2CCc3sccc3C2)cc1. The molecule has 0 spiro atoms. The Bertz CT molecular complexity index is 891. The Labute approximate surface area is 170 Å². The lowest BCUT2D eigenvalue weighted by Gasteiger charge is -2.26. The van der Waals surface area contributed by atoms with E-state index in [9.17, 15) is 13.2 Å². The molecule has 1 amide bonds. The number of carbonyl (C=O) groups is 1. The summed E-state index contributed by atoms with van der Waals surface area (Å²) in [5, 5.41) is 5.12. The van der Waals surface area contributed by atoms with Gasteiger partial charge in [-0.1, -0.05) is 0 Å². The lowest BCUT2D eigenvalue weighted by atomic mass is 10.1. The average molecular weight is 423 g/mol. The molecule has 3 rings (SSSR count). The summed E-state index contributed by atoms with van der Waals surface area (Å²) in [6.45, 7) is 3.96. The second kappa shape index (κ2) is 9.54. The number of nitrogens with one attached hydrogen (secondary N) is 1. The maximum Gasteiger partial charge on any atom is 0.220 e. The van der Waals surface area contributed by atoms with Crippen LogP contribution < -0.4 is 10.1 Å². The van der Waals surface area contributed by atoms with Crippen LogP contribution in [0.25, 0.3) is 0 Å². The Kier molecular flexibility index (Phi) is 7.09. The van der Waals surface area contributed by atoms with Gasteiger partial charge in [0, 0.05) is 43.7 Å². The summed E-state index contributed by atoms with van der Waals surface area (Å²) >= 11 is 1.83. The Balaban J connectivity index is 1.28. The van der Waals surface area contributed by atoms with E-state index in [0.29, 0.717) is 31.7 Å². The third-order valence-electron chi connectivity index (χ3n) is 4.71. The number of ether oxygens (including phenoxy) is 1. The van der Waals surface area contributed by atoms with Gasteiger partial charge in [0.25, 0.3) is 0 Å². The van der Waals surface area contributed by atoms with Crippen LogP contribution in [0.15, 0.2) is 40.6 Å². The van der Waals surface area contributed by atoms with Gasteiger partial charge >= 0.3 is 0 Å². The molecule has 2 aromatic rings. The molecule has 0 atom stereocenters. The van der Waals surface area contributed by atoms with Crippen LogP contribution >= 0.6 is 11.3 Å². The number of thiophene rings is 1. The van der Waals surface area contributed by atoms with E-state index in [4.69, 9.17) is 4.74 Å². The fraction of sp³-hybridized carbons (Fsp3) is 0.450. The zero-order valence-electron chi connectivity index (χ0n) is 16.0. The number of benzene rings is 1. The largest absolute Gasteiger partial charge is 0.494 e. The van der Waals surface area contributed by atoms with Crippen molar-refractivity contribution in [2.45, 2.75) is 30.7 Å². The molecular weight excluding hydrogens is 396 g/mol. The van der Waals surface area contributed by atoms with Crippen LogP contribution in [0.5, 0.6) is 5.75 Å². The van der Waals surface area contributed by atoms with E-state index in [1.165, 1.54) is 28.8 Å². The van der Waals surface area contributed by atoms with E-state index in [1.807, 2.05) is 11.3 Å². The number of carbonyl (C=O) groups excluding carboxylic acids is 1. The molecule has 0 unspecified atom stereocenters. The number of amides is 1. The van der Waals surface area contributed by atoms with Crippen molar-refractivity contribution < 1.29 is 17.9 Å². The highest BCUT2D eigenvalue weighted by Crippen LogP contribution is 2.23. The third-order valence-corrected chi connectivity index (χ3v) is 6.86. The van der Waals surface area contributed by atoms with Crippen LogP contribution in [0.2, 0.25) is 0 Å². The molecule has 0 aliphatic carbocycles. The molecular formula is C20H26N2O4S2. The first-order valence-corrected chi connectivity index (χ1v) is 12.2. The summed E-state index contributed by atoms with van der Waals surface area (Å²) in [7, 11) is -3.20. The van der Waals surface area contributed by atoms with Gasteiger partial charge in [-0.2, -0.15) is 0 Å². The predicted octanol–water partition coefficient (Wildman–Crippen LogP) is 2.49. The minimum absolute atomic E-state index is 0.0317. The first-order chi connectivity index (χ1) is 13.4. The van der Waals surface area contributed by atoms with E-state index in [-0.39, 0.29) is 10.8 Å².